The molecule has 6 heteroatoms. The van der Waals surface area contributed by atoms with E-state index in [9.17, 15) is 4.79 Å². The lowest BCUT2D eigenvalue weighted by molar-refractivity contribution is -0.318. The summed E-state index contributed by atoms with van der Waals surface area (Å²) in [5.41, 5.74) is 0.333. The van der Waals surface area contributed by atoms with Crippen molar-refractivity contribution in [3.8, 4) is 0 Å². The predicted octanol–water partition coefficient (Wildman–Crippen LogP) is 5.02. The van der Waals surface area contributed by atoms with Gasteiger partial charge in [-0.05, 0) is 32.0 Å². The van der Waals surface area contributed by atoms with E-state index in [0.29, 0.717) is 19.4 Å². The Hall–Kier alpha value is -1.05. The highest BCUT2D eigenvalue weighted by Gasteiger charge is 2.52. The third-order valence-corrected chi connectivity index (χ3v) is 11.1. The molecular formula is C23H36O5Si. The number of Topliss-reactive ketones (excluding diaryl/α,β-unsaturated/α-hetero) is 1. The number of ether oxygens (including phenoxy) is 3. The van der Waals surface area contributed by atoms with Crippen LogP contribution in [0, 0.1) is 0 Å². The largest absolute Gasteiger partial charge is 0.411 e. The maximum atomic E-state index is 12.0. The number of carbonyl (C=O) groups is 1. The van der Waals surface area contributed by atoms with Crippen molar-refractivity contribution >= 4 is 14.1 Å². The molecule has 0 bridgehead atoms. The van der Waals surface area contributed by atoms with Gasteiger partial charge in [-0.2, -0.15) is 0 Å². The predicted molar refractivity (Wildman–Crippen MR) is 115 cm³/mol. The molecule has 0 aliphatic carbocycles. The van der Waals surface area contributed by atoms with E-state index in [1.165, 1.54) is 0 Å². The molecule has 29 heavy (non-hydrogen) atoms. The molecule has 2 aliphatic rings. The van der Waals surface area contributed by atoms with Crippen LogP contribution in [-0.4, -0.2) is 44.6 Å². The zero-order valence-electron chi connectivity index (χ0n) is 18.9. The fourth-order valence-corrected chi connectivity index (χ4v) is 5.32. The Labute approximate surface area is 176 Å². The summed E-state index contributed by atoms with van der Waals surface area (Å²) >= 11 is 0. The highest BCUT2D eigenvalue weighted by molar-refractivity contribution is 6.74. The Morgan fingerprint density at radius 1 is 1.21 bits per heavy atom. The van der Waals surface area contributed by atoms with E-state index in [1.54, 1.807) is 6.92 Å². The van der Waals surface area contributed by atoms with Crippen LogP contribution in [-0.2, 0) is 23.4 Å². The molecule has 5 atom stereocenters. The Kier molecular flexibility index (Phi) is 6.42. The average Bonchev–Trinajstić information content (AvgIpc) is 2.61. The highest BCUT2D eigenvalue weighted by atomic mass is 28.4. The molecule has 2 heterocycles. The van der Waals surface area contributed by atoms with E-state index in [1.807, 2.05) is 37.3 Å². The number of rotatable bonds is 5. The summed E-state index contributed by atoms with van der Waals surface area (Å²) in [7, 11) is -2.05. The van der Waals surface area contributed by atoms with E-state index in [-0.39, 0.29) is 29.1 Å². The number of ketones is 1. The number of hydrogen-bond acceptors (Lipinski definition) is 5. The SMILES string of the molecule is CC(=O)C[C@@]1(C)O[C@H]2CO[C@H](c3ccccc3)O[C@@H]2C[C@@H]1O[Si](C)(C)C(C)(C)C. The van der Waals surface area contributed by atoms with Crippen molar-refractivity contribution in [3.05, 3.63) is 35.9 Å². The summed E-state index contributed by atoms with van der Waals surface area (Å²) in [6.45, 7) is 15.2. The zero-order chi connectivity index (χ0) is 21.4. The fourth-order valence-electron chi connectivity index (χ4n) is 3.91. The summed E-state index contributed by atoms with van der Waals surface area (Å²) in [6.07, 6.45) is 0.128. The van der Waals surface area contributed by atoms with Crippen LogP contribution >= 0.6 is 0 Å². The Balaban J connectivity index is 1.82. The van der Waals surface area contributed by atoms with E-state index in [2.05, 4.69) is 33.9 Å². The van der Waals surface area contributed by atoms with Crippen molar-refractivity contribution in [3.63, 3.8) is 0 Å². The van der Waals surface area contributed by atoms with Gasteiger partial charge >= 0.3 is 0 Å². The van der Waals surface area contributed by atoms with Gasteiger partial charge in [0.15, 0.2) is 14.6 Å². The van der Waals surface area contributed by atoms with Gasteiger partial charge in [0.1, 0.15) is 11.9 Å². The second kappa shape index (κ2) is 8.23. The van der Waals surface area contributed by atoms with Crippen LogP contribution in [0.5, 0.6) is 0 Å². The van der Waals surface area contributed by atoms with Gasteiger partial charge in [0, 0.05) is 18.4 Å². The van der Waals surface area contributed by atoms with Gasteiger partial charge in [-0.1, -0.05) is 51.1 Å². The highest BCUT2D eigenvalue weighted by Crippen LogP contribution is 2.44. The standard InChI is InChI=1S/C23H36O5Si/c1-16(24)14-23(5)20(28-29(6,7)22(2,3)4)13-18-19(27-23)15-25-21(26-18)17-11-9-8-10-12-17/h8-12,18-21H,13-15H2,1-7H3/t18-,19+,20+,21+,23-/m1/s1. The molecule has 0 spiro atoms. The minimum atomic E-state index is -2.05. The third kappa shape index (κ3) is 4.99. The lowest BCUT2D eigenvalue weighted by atomic mass is 9.84. The fraction of sp³-hybridized carbons (Fsp3) is 0.696. The van der Waals surface area contributed by atoms with E-state index < -0.39 is 20.2 Å². The second-order valence-electron chi connectivity index (χ2n) is 10.2. The molecule has 5 nitrogen and oxygen atoms in total. The van der Waals surface area contributed by atoms with Gasteiger partial charge in [0.2, 0.25) is 0 Å². The lowest BCUT2D eigenvalue weighted by Crippen LogP contribution is -2.62. The Morgan fingerprint density at radius 3 is 2.45 bits per heavy atom. The van der Waals surface area contributed by atoms with E-state index >= 15 is 0 Å². The molecular weight excluding hydrogens is 384 g/mol. The smallest absolute Gasteiger partial charge is 0.192 e. The second-order valence-corrected chi connectivity index (χ2v) is 15.0. The van der Waals surface area contributed by atoms with Crippen molar-refractivity contribution in [2.24, 2.45) is 0 Å². The number of carbonyl (C=O) groups excluding carboxylic acids is 1. The molecule has 0 saturated carbocycles. The number of benzene rings is 1. The van der Waals surface area contributed by atoms with Crippen molar-refractivity contribution < 1.29 is 23.4 Å². The van der Waals surface area contributed by atoms with Crippen LogP contribution in [0.15, 0.2) is 30.3 Å². The molecule has 2 fully saturated rings. The monoisotopic (exact) mass is 420 g/mol. The first-order valence-electron chi connectivity index (χ1n) is 10.6. The molecule has 0 N–H and O–H groups in total. The minimum absolute atomic E-state index is 0.0735. The van der Waals surface area contributed by atoms with Crippen molar-refractivity contribution in [1.82, 2.24) is 0 Å². The molecule has 0 radical (unpaired) electrons. The molecule has 0 amide bonds. The molecule has 1 aromatic rings. The molecule has 0 unspecified atom stereocenters. The number of hydrogen-bond donors (Lipinski definition) is 0. The first-order valence-corrected chi connectivity index (χ1v) is 13.5. The van der Waals surface area contributed by atoms with Gasteiger partial charge in [-0.3, -0.25) is 4.79 Å². The third-order valence-electron chi connectivity index (χ3n) is 6.59. The van der Waals surface area contributed by atoms with Crippen LogP contribution < -0.4 is 0 Å². The van der Waals surface area contributed by atoms with Crippen molar-refractivity contribution in [2.75, 3.05) is 6.61 Å². The molecule has 2 aliphatic heterocycles. The van der Waals surface area contributed by atoms with Crippen LogP contribution in [0.3, 0.4) is 0 Å². The van der Waals surface area contributed by atoms with Crippen LogP contribution in [0.25, 0.3) is 0 Å². The summed E-state index contributed by atoms with van der Waals surface area (Å²) in [6, 6.07) is 9.98. The Bertz CT molecular complexity index is 714. The maximum absolute atomic E-state index is 12.0. The first kappa shape index (κ1) is 22.6. The zero-order valence-corrected chi connectivity index (χ0v) is 19.9. The summed E-state index contributed by atoms with van der Waals surface area (Å²) in [5, 5.41) is 0.0735. The summed E-state index contributed by atoms with van der Waals surface area (Å²) in [4.78, 5) is 12.0. The van der Waals surface area contributed by atoms with E-state index in [0.717, 1.165) is 5.56 Å². The molecule has 1 aromatic carbocycles. The quantitative estimate of drug-likeness (QED) is 0.626. The van der Waals surface area contributed by atoms with Gasteiger partial charge in [0.25, 0.3) is 0 Å². The Morgan fingerprint density at radius 2 is 1.86 bits per heavy atom. The molecule has 3 rings (SSSR count). The maximum Gasteiger partial charge on any atom is 0.192 e. The topological polar surface area (TPSA) is 54.0 Å². The van der Waals surface area contributed by atoms with Crippen molar-refractivity contribution in [2.45, 2.75) is 95.8 Å². The van der Waals surface area contributed by atoms with Gasteiger partial charge in [0.05, 0.1) is 24.4 Å². The molecule has 162 valence electrons. The normalized spacial score (nSPS) is 33.2. The van der Waals surface area contributed by atoms with E-state index in [4.69, 9.17) is 18.6 Å². The van der Waals surface area contributed by atoms with Crippen LogP contribution in [0.2, 0.25) is 18.1 Å². The summed E-state index contributed by atoms with van der Waals surface area (Å²) < 4.78 is 25.5. The average molecular weight is 421 g/mol. The van der Waals surface area contributed by atoms with Gasteiger partial charge in [-0.25, -0.2) is 0 Å². The minimum Gasteiger partial charge on any atom is -0.411 e. The lowest BCUT2D eigenvalue weighted by Gasteiger charge is -2.53. The molecule has 2 saturated heterocycles. The first-order chi connectivity index (χ1) is 13.4. The van der Waals surface area contributed by atoms with Gasteiger partial charge in [-0.15, -0.1) is 0 Å². The molecule has 0 aromatic heterocycles. The van der Waals surface area contributed by atoms with Crippen molar-refractivity contribution in [1.29, 1.82) is 0 Å². The van der Waals surface area contributed by atoms with Crippen LogP contribution in [0.4, 0.5) is 0 Å². The van der Waals surface area contributed by atoms with Crippen LogP contribution in [0.1, 0.15) is 59.3 Å². The van der Waals surface area contributed by atoms with Gasteiger partial charge < -0.3 is 18.6 Å². The summed E-state index contributed by atoms with van der Waals surface area (Å²) in [5.74, 6) is 0.106. The number of fused-ring (bicyclic) bond motifs is 1.